The number of nitrogens with one attached hydrogen (secondary N) is 1. The van der Waals surface area contributed by atoms with Gasteiger partial charge >= 0.3 is 0 Å². The van der Waals surface area contributed by atoms with Crippen molar-refractivity contribution < 1.29 is 9.53 Å². The number of carbonyl (C=O) groups is 1. The summed E-state index contributed by atoms with van der Waals surface area (Å²) in [5, 5.41) is 2.73. The Morgan fingerprint density at radius 2 is 2.44 bits per heavy atom. The maximum absolute atomic E-state index is 11.6. The topological polar surface area (TPSA) is 59.4 Å². The molecule has 1 heterocycles. The van der Waals surface area contributed by atoms with Gasteiger partial charge in [0, 0.05) is 33.1 Å². The van der Waals surface area contributed by atoms with E-state index in [1.54, 1.807) is 24.1 Å². The number of likely N-dealkylation sites (N-methyl/N-ethyl adjacent to an activating group) is 1. The molecule has 0 aliphatic heterocycles. The molecule has 0 unspecified atom stereocenters. The van der Waals surface area contributed by atoms with E-state index in [4.69, 9.17) is 4.74 Å². The molecule has 0 aliphatic rings. The highest BCUT2D eigenvalue weighted by molar-refractivity contribution is 5.90. The van der Waals surface area contributed by atoms with Crippen molar-refractivity contribution in [3.05, 3.63) is 12.4 Å². The number of amides is 1. The average molecular weight is 226 g/mol. The zero-order valence-corrected chi connectivity index (χ0v) is 9.93. The number of imidazole rings is 1. The molecule has 1 aromatic rings. The van der Waals surface area contributed by atoms with Gasteiger partial charge in [-0.15, -0.1) is 0 Å². The van der Waals surface area contributed by atoms with E-state index in [9.17, 15) is 4.79 Å². The number of carbonyl (C=O) groups excluding carboxylic acids is 1. The lowest BCUT2D eigenvalue weighted by Gasteiger charge is -2.15. The first kappa shape index (κ1) is 12.7. The number of nitrogens with zero attached hydrogens (tertiary/aromatic N) is 3. The van der Waals surface area contributed by atoms with Crippen LogP contribution in [0, 0.1) is 0 Å². The summed E-state index contributed by atoms with van der Waals surface area (Å²) in [5.41, 5.74) is 0. The summed E-state index contributed by atoms with van der Waals surface area (Å²) in [6, 6.07) is 0. The first-order valence-corrected chi connectivity index (χ1v) is 5.08. The van der Waals surface area contributed by atoms with Crippen LogP contribution >= 0.6 is 0 Å². The molecule has 1 rings (SSSR count). The zero-order chi connectivity index (χ0) is 12.0. The van der Waals surface area contributed by atoms with Crippen LogP contribution in [-0.4, -0.2) is 54.2 Å². The highest BCUT2D eigenvalue weighted by atomic mass is 16.5. The Kier molecular flexibility index (Phi) is 4.94. The number of hydrogen-bond donors (Lipinski definition) is 1. The van der Waals surface area contributed by atoms with E-state index in [1.807, 2.05) is 19.0 Å². The second kappa shape index (κ2) is 6.24. The number of anilines is 1. The van der Waals surface area contributed by atoms with Crippen molar-refractivity contribution in [1.29, 1.82) is 0 Å². The number of aryl methyl sites for hydroxylation is 1. The summed E-state index contributed by atoms with van der Waals surface area (Å²) in [5.74, 6) is 0.484. The molecular weight excluding hydrogens is 208 g/mol. The SMILES string of the molecule is COCCN(C)CC(=O)Nc1nccn1C. The molecule has 0 bridgehead atoms. The van der Waals surface area contributed by atoms with Gasteiger partial charge in [-0.2, -0.15) is 0 Å². The summed E-state index contributed by atoms with van der Waals surface area (Å²) < 4.78 is 6.69. The Bertz CT molecular complexity index is 337. The van der Waals surface area contributed by atoms with E-state index in [0.717, 1.165) is 6.54 Å². The second-order valence-electron chi connectivity index (χ2n) is 3.64. The molecule has 0 radical (unpaired) electrons. The smallest absolute Gasteiger partial charge is 0.240 e. The summed E-state index contributed by atoms with van der Waals surface area (Å²) in [6.07, 6.45) is 3.43. The van der Waals surface area contributed by atoms with Crippen molar-refractivity contribution in [2.24, 2.45) is 7.05 Å². The molecule has 0 aromatic carbocycles. The van der Waals surface area contributed by atoms with Crippen LogP contribution in [0.4, 0.5) is 5.95 Å². The number of rotatable bonds is 6. The van der Waals surface area contributed by atoms with E-state index in [0.29, 0.717) is 19.1 Å². The molecule has 0 saturated heterocycles. The maximum Gasteiger partial charge on any atom is 0.240 e. The van der Waals surface area contributed by atoms with Crippen LogP contribution in [0.3, 0.4) is 0 Å². The molecule has 0 fully saturated rings. The van der Waals surface area contributed by atoms with Gasteiger partial charge in [0.1, 0.15) is 0 Å². The van der Waals surface area contributed by atoms with Gasteiger partial charge in [0.25, 0.3) is 0 Å². The molecule has 1 N–H and O–H groups in total. The average Bonchev–Trinajstić information content (AvgIpc) is 2.61. The van der Waals surface area contributed by atoms with Crippen LogP contribution in [0.25, 0.3) is 0 Å². The highest BCUT2D eigenvalue weighted by Crippen LogP contribution is 2.00. The van der Waals surface area contributed by atoms with E-state index in [1.165, 1.54) is 0 Å². The Labute approximate surface area is 95.2 Å². The monoisotopic (exact) mass is 226 g/mol. The minimum absolute atomic E-state index is 0.0760. The van der Waals surface area contributed by atoms with Gasteiger partial charge in [0.05, 0.1) is 13.2 Å². The van der Waals surface area contributed by atoms with Crippen molar-refractivity contribution in [2.75, 3.05) is 39.2 Å². The standard InChI is InChI=1S/C10H18N4O2/c1-13(6-7-16-3)8-9(15)12-10-11-4-5-14(10)2/h4-5H,6-8H2,1-3H3,(H,11,12,15). The molecule has 90 valence electrons. The van der Waals surface area contributed by atoms with Crippen molar-refractivity contribution in [3.63, 3.8) is 0 Å². The first-order chi connectivity index (χ1) is 7.63. The Morgan fingerprint density at radius 3 is 3.00 bits per heavy atom. The van der Waals surface area contributed by atoms with Crippen molar-refractivity contribution >= 4 is 11.9 Å². The lowest BCUT2D eigenvalue weighted by Crippen LogP contribution is -2.32. The Morgan fingerprint density at radius 1 is 1.69 bits per heavy atom. The third kappa shape index (κ3) is 4.00. The Hall–Kier alpha value is -1.40. The van der Waals surface area contributed by atoms with E-state index < -0.39 is 0 Å². The lowest BCUT2D eigenvalue weighted by molar-refractivity contribution is -0.117. The van der Waals surface area contributed by atoms with Crippen molar-refractivity contribution in [3.8, 4) is 0 Å². The normalized spacial score (nSPS) is 10.8. The maximum atomic E-state index is 11.6. The van der Waals surface area contributed by atoms with E-state index >= 15 is 0 Å². The summed E-state index contributed by atoms with van der Waals surface area (Å²) in [4.78, 5) is 17.5. The van der Waals surface area contributed by atoms with Gasteiger partial charge in [0.15, 0.2) is 0 Å². The van der Waals surface area contributed by atoms with E-state index in [-0.39, 0.29) is 5.91 Å². The summed E-state index contributed by atoms with van der Waals surface area (Å²) >= 11 is 0. The molecule has 1 aromatic heterocycles. The predicted molar refractivity (Wildman–Crippen MR) is 61.2 cm³/mol. The van der Waals surface area contributed by atoms with Crippen LogP contribution in [0.2, 0.25) is 0 Å². The number of methoxy groups -OCH3 is 1. The van der Waals surface area contributed by atoms with Gasteiger partial charge in [-0.25, -0.2) is 4.98 Å². The largest absolute Gasteiger partial charge is 0.383 e. The molecule has 6 nitrogen and oxygen atoms in total. The van der Waals surface area contributed by atoms with Gasteiger partial charge in [0.2, 0.25) is 11.9 Å². The molecule has 0 saturated carbocycles. The minimum atomic E-state index is -0.0760. The third-order valence-electron chi connectivity index (χ3n) is 2.16. The van der Waals surface area contributed by atoms with Crippen LogP contribution in [-0.2, 0) is 16.6 Å². The third-order valence-corrected chi connectivity index (χ3v) is 2.16. The Balaban J connectivity index is 2.33. The molecular formula is C10H18N4O2. The fraction of sp³-hybridized carbons (Fsp3) is 0.600. The molecule has 1 amide bonds. The van der Waals surface area contributed by atoms with Crippen LogP contribution in [0.15, 0.2) is 12.4 Å². The highest BCUT2D eigenvalue weighted by Gasteiger charge is 2.08. The van der Waals surface area contributed by atoms with Gasteiger partial charge < -0.3 is 9.30 Å². The lowest BCUT2D eigenvalue weighted by atomic mass is 10.5. The second-order valence-corrected chi connectivity index (χ2v) is 3.64. The summed E-state index contributed by atoms with van der Waals surface area (Å²) in [6.45, 7) is 1.67. The number of aromatic nitrogens is 2. The zero-order valence-electron chi connectivity index (χ0n) is 9.93. The fourth-order valence-electron chi connectivity index (χ4n) is 1.22. The van der Waals surface area contributed by atoms with Gasteiger partial charge in [-0.1, -0.05) is 0 Å². The molecule has 0 spiro atoms. The van der Waals surface area contributed by atoms with E-state index in [2.05, 4.69) is 10.3 Å². The summed E-state index contributed by atoms with van der Waals surface area (Å²) in [7, 11) is 5.34. The van der Waals surface area contributed by atoms with Crippen LogP contribution in [0.1, 0.15) is 0 Å². The molecule has 0 atom stereocenters. The molecule has 6 heteroatoms. The quantitative estimate of drug-likeness (QED) is 0.738. The number of ether oxygens (including phenoxy) is 1. The molecule has 16 heavy (non-hydrogen) atoms. The van der Waals surface area contributed by atoms with Crippen molar-refractivity contribution in [1.82, 2.24) is 14.5 Å². The van der Waals surface area contributed by atoms with Gasteiger partial charge in [-0.3, -0.25) is 15.0 Å². The number of hydrogen-bond acceptors (Lipinski definition) is 4. The van der Waals surface area contributed by atoms with Crippen LogP contribution < -0.4 is 5.32 Å². The first-order valence-electron chi connectivity index (χ1n) is 5.08. The molecule has 0 aliphatic carbocycles. The minimum Gasteiger partial charge on any atom is -0.383 e. The predicted octanol–water partition coefficient (Wildman–Crippen LogP) is -0.0632. The fourth-order valence-corrected chi connectivity index (χ4v) is 1.22. The van der Waals surface area contributed by atoms with Gasteiger partial charge in [-0.05, 0) is 7.05 Å². The van der Waals surface area contributed by atoms with Crippen LogP contribution in [0.5, 0.6) is 0 Å². The van der Waals surface area contributed by atoms with Crippen molar-refractivity contribution in [2.45, 2.75) is 0 Å².